The predicted molar refractivity (Wildman–Crippen MR) is 71.0 cm³/mol. The van der Waals surface area contributed by atoms with Crippen molar-refractivity contribution in [3.05, 3.63) is 0 Å². The Morgan fingerprint density at radius 1 is 1.29 bits per heavy atom. The Bertz CT molecular complexity index is 275. The lowest BCUT2D eigenvalue weighted by Crippen LogP contribution is -2.51. The van der Waals surface area contributed by atoms with Crippen molar-refractivity contribution >= 4 is 0 Å². The summed E-state index contributed by atoms with van der Waals surface area (Å²) in [6.45, 7) is 13.1. The largest absolute Gasteiger partial charge is 0.373 e. The zero-order chi connectivity index (χ0) is 12.7. The zero-order valence-electron chi connectivity index (χ0n) is 11.8. The minimum absolute atomic E-state index is 0.0104. The number of hydrogen-bond donors (Lipinski definition) is 1. The molecule has 1 saturated heterocycles. The highest BCUT2D eigenvalue weighted by atomic mass is 16.5. The molecule has 2 fully saturated rings. The van der Waals surface area contributed by atoms with Gasteiger partial charge in [-0.05, 0) is 38.0 Å². The summed E-state index contributed by atoms with van der Waals surface area (Å²) in [6.07, 6.45) is 2.55. The van der Waals surface area contributed by atoms with E-state index in [1.807, 2.05) is 0 Å². The van der Waals surface area contributed by atoms with E-state index in [1.165, 1.54) is 12.8 Å². The molecule has 0 aromatic rings. The summed E-state index contributed by atoms with van der Waals surface area (Å²) in [7, 11) is 0. The van der Waals surface area contributed by atoms with Crippen LogP contribution in [-0.4, -0.2) is 42.8 Å². The lowest BCUT2D eigenvalue weighted by Gasteiger charge is -2.40. The molecule has 0 bridgehead atoms. The normalized spacial score (nSPS) is 37.2. The van der Waals surface area contributed by atoms with Crippen molar-refractivity contribution in [2.45, 2.75) is 52.2 Å². The second-order valence-corrected chi connectivity index (χ2v) is 7.16. The molecule has 1 saturated carbocycles. The number of hydrogen-bond acceptors (Lipinski definition) is 3. The molecule has 0 amide bonds. The predicted octanol–water partition coefficient (Wildman–Crippen LogP) is 1.86. The van der Waals surface area contributed by atoms with Gasteiger partial charge >= 0.3 is 0 Å². The van der Waals surface area contributed by atoms with Gasteiger partial charge in [-0.3, -0.25) is 4.90 Å². The molecule has 2 aliphatic rings. The molecule has 17 heavy (non-hydrogen) atoms. The maximum Gasteiger partial charge on any atom is 0.0753 e. The molecule has 2 rings (SSSR count). The number of rotatable bonds is 2. The quantitative estimate of drug-likeness (QED) is 0.800. The summed E-state index contributed by atoms with van der Waals surface area (Å²) in [6, 6.07) is 0.355. The summed E-state index contributed by atoms with van der Waals surface area (Å²) >= 11 is 0. The molecular weight excluding hydrogens is 212 g/mol. The van der Waals surface area contributed by atoms with Crippen LogP contribution < -0.4 is 5.73 Å². The van der Waals surface area contributed by atoms with Crippen LogP contribution in [0.1, 0.15) is 40.5 Å². The topological polar surface area (TPSA) is 38.5 Å². The summed E-state index contributed by atoms with van der Waals surface area (Å²) in [5.74, 6) is 0.666. The van der Waals surface area contributed by atoms with Crippen LogP contribution in [0.25, 0.3) is 0 Å². The van der Waals surface area contributed by atoms with Crippen LogP contribution in [0.15, 0.2) is 0 Å². The van der Waals surface area contributed by atoms with Crippen LogP contribution in [0, 0.1) is 11.3 Å². The highest BCUT2D eigenvalue weighted by Crippen LogP contribution is 2.40. The van der Waals surface area contributed by atoms with E-state index in [9.17, 15) is 0 Å². The number of morpholine rings is 1. The van der Waals surface area contributed by atoms with E-state index < -0.39 is 0 Å². The first kappa shape index (κ1) is 13.3. The van der Waals surface area contributed by atoms with Crippen molar-refractivity contribution in [1.29, 1.82) is 0 Å². The second kappa shape index (κ2) is 4.52. The van der Waals surface area contributed by atoms with Crippen LogP contribution in [0.5, 0.6) is 0 Å². The van der Waals surface area contributed by atoms with Gasteiger partial charge in [0.15, 0.2) is 0 Å². The van der Waals surface area contributed by atoms with Crippen molar-refractivity contribution < 1.29 is 4.74 Å². The smallest absolute Gasteiger partial charge is 0.0753 e. The molecule has 2 N–H and O–H groups in total. The van der Waals surface area contributed by atoms with Crippen molar-refractivity contribution in [2.24, 2.45) is 17.1 Å². The minimum Gasteiger partial charge on any atom is -0.373 e. The third kappa shape index (κ3) is 3.01. The fourth-order valence-corrected chi connectivity index (χ4v) is 3.35. The van der Waals surface area contributed by atoms with Crippen LogP contribution in [-0.2, 0) is 4.74 Å². The first-order chi connectivity index (χ1) is 7.80. The minimum atomic E-state index is 0.0104. The van der Waals surface area contributed by atoms with Gasteiger partial charge in [-0.15, -0.1) is 0 Å². The van der Waals surface area contributed by atoms with E-state index in [4.69, 9.17) is 10.5 Å². The maximum absolute atomic E-state index is 6.38. The van der Waals surface area contributed by atoms with E-state index in [0.717, 1.165) is 26.2 Å². The third-order valence-electron chi connectivity index (χ3n) is 4.57. The zero-order valence-corrected chi connectivity index (χ0v) is 11.8. The number of nitrogens with zero attached hydrogens (tertiary/aromatic N) is 1. The second-order valence-electron chi connectivity index (χ2n) is 7.16. The lowest BCUT2D eigenvalue weighted by molar-refractivity contribution is -0.0894. The monoisotopic (exact) mass is 240 g/mol. The van der Waals surface area contributed by atoms with E-state index in [1.54, 1.807) is 0 Å². The van der Waals surface area contributed by atoms with Gasteiger partial charge in [0.25, 0.3) is 0 Å². The fourth-order valence-electron chi connectivity index (χ4n) is 3.35. The van der Waals surface area contributed by atoms with Crippen molar-refractivity contribution in [3.8, 4) is 0 Å². The number of ether oxygens (including phenoxy) is 1. The van der Waals surface area contributed by atoms with Gasteiger partial charge in [-0.1, -0.05) is 13.8 Å². The van der Waals surface area contributed by atoms with Gasteiger partial charge in [0.05, 0.1) is 12.2 Å². The Morgan fingerprint density at radius 3 is 2.53 bits per heavy atom. The molecule has 1 aliphatic heterocycles. The van der Waals surface area contributed by atoms with Gasteiger partial charge < -0.3 is 10.5 Å². The standard InChI is InChI=1S/C14H28N2O/c1-13(2)6-5-11(12(13)15)9-16-7-8-17-14(3,4)10-16/h11-12H,5-10,15H2,1-4H3. The van der Waals surface area contributed by atoms with E-state index >= 15 is 0 Å². The Morgan fingerprint density at radius 2 is 2.00 bits per heavy atom. The van der Waals surface area contributed by atoms with Crippen molar-refractivity contribution in [1.82, 2.24) is 4.90 Å². The molecule has 0 spiro atoms. The molecule has 1 heterocycles. The van der Waals surface area contributed by atoms with Gasteiger partial charge in [0.2, 0.25) is 0 Å². The van der Waals surface area contributed by atoms with Gasteiger partial charge in [-0.2, -0.15) is 0 Å². The van der Waals surface area contributed by atoms with Gasteiger partial charge in [-0.25, -0.2) is 0 Å². The first-order valence-electron chi connectivity index (χ1n) is 6.92. The van der Waals surface area contributed by atoms with E-state index in [0.29, 0.717) is 17.4 Å². The Hall–Kier alpha value is -0.120. The lowest BCUT2D eigenvalue weighted by atomic mass is 9.85. The van der Waals surface area contributed by atoms with Crippen LogP contribution in [0.2, 0.25) is 0 Å². The van der Waals surface area contributed by atoms with E-state index in [-0.39, 0.29) is 5.60 Å². The number of nitrogens with two attached hydrogens (primary N) is 1. The molecule has 0 aromatic heterocycles. The molecule has 1 aliphatic carbocycles. The SMILES string of the molecule is CC1(C)CN(CC2CCC(C)(C)C2N)CCO1. The highest BCUT2D eigenvalue weighted by molar-refractivity contribution is 4.95. The van der Waals surface area contributed by atoms with Crippen LogP contribution in [0.4, 0.5) is 0 Å². The molecule has 3 heteroatoms. The summed E-state index contributed by atoms with van der Waals surface area (Å²) < 4.78 is 5.75. The average Bonchev–Trinajstić information content (AvgIpc) is 2.44. The van der Waals surface area contributed by atoms with Crippen molar-refractivity contribution in [3.63, 3.8) is 0 Å². The summed E-state index contributed by atoms with van der Waals surface area (Å²) in [5, 5.41) is 0. The molecule has 2 unspecified atom stereocenters. The molecule has 100 valence electrons. The van der Waals surface area contributed by atoms with E-state index in [2.05, 4.69) is 32.6 Å². The van der Waals surface area contributed by atoms with Crippen LogP contribution >= 0.6 is 0 Å². The Balaban J connectivity index is 1.90. The highest BCUT2D eigenvalue weighted by Gasteiger charge is 2.40. The van der Waals surface area contributed by atoms with Gasteiger partial charge in [0, 0.05) is 25.7 Å². The fraction of sp³-hybridized carbons (Fsp3) is 1.00. The first-order valence-corrected chi connectivity index (χ1v) is 6.92. The third-order valence-corrected chi connectivity index (χ3v) is 4.57. The Labute approximate surface area is 106 Å². The van der Waals surface area contributed by atoms with Crippen LogP contribution in [0.3, 0.4) is 0 Å². The summed E-state index contributed by atoms with van der Waals surface area (Å²) in [5.41, 5.74) is 6.72. The molecular formula is C14H28N2O. The molecule has 0 radical (unpaired) electrons. The summed E-state index contributed by atoms with van der Waals surface area (Å²) in [4.78, 5) is 2.54. The maximum atomic E-state index is 6.38. The molecule has 0 aromatic carbocycles. The van der Waals surface area contributed by atoms with Crippen molar-refractivity contribution in [2.75, 3.05) is 26.2 Å². The van der Waals surface area contributed by atoms with Gasteiger partial charge in [0.1, 0.15) is 0 Å². The molecule has 2 atom stereocenters. The Kier molecular flexibility index (Phi) is 3.54. The molecule has 3 nitrogen and oxygen atoms in total. The average molecular weight is 240 g/mol.